The molecule has 0 amide bonds. The minimum atomic E-state index is -1.56. The predicted molar refractivity (Wildman–Crippen MR) is 287 cm³/mol. The number of benzene rings is 11. The first-order chi connectivity index (χ1) is 35.9. The number of hydrogen-bond acceptors (Lipinski definition) is 5. The van der Waals surface area contributed by atoms with Crippen LogP contribution in [0.1, 0.15) is 0 Å². The van der Waals surface area contributed by atoms with Gasteiger partial charge in [-0.1, -0.05) is 146 Å². The van der Waals surface area contributed by atoms with E-state index in [0.29, 0.717) is 33.0 Å². The molecule has 0 saturated carbocycles. The summed E-state index contributed by atoms with van der Waals surface area (Å²) in [6.45, 7) is 0. The number of furan rings is 2. The van der Waals surface area contributed by atoms with E-state index in [1.165, 1.54) is 4.90 Å². The summed E-state index contributed by atoms with van der Waals surface area (Å²) >= 11 is 0. The van der Waals surface area contributed by atoms with Crippen molar-refractivity contribution in [3.63, 3.8) is 0 Å². The Morgan fingerprint density at radius 3 is 1.44 bits per heavy atom. The highest BCUT2D eigenvalue weighted by Crippen LogP contribution is 2.55. The first kappa shape index (κ1) is 42.3. The van der Waals surface area contributed by atoms with E-state index < -0.39 is 34.5 Å². The Bertz CT molecular complexity index is 4320. The van der Waals surface area contributed by atoms with Crippen LogP contribution in [0.25, 0.3) is 76.9 Å². The zero-order valence-corrected chi connectivity index (χ0v) is 38.5. The van der Waals surface area contributed by atoms with Gasteiger partial charge in [-0.2, -0.15) is 0 Å². The van der Waals surface area contributed by atoms with Crippen LogP contribution in [0, 0.1) is 23.3 Å². The Morgan fingerprint density at radius 1 is 0.342 bits per heavy atom. The van der Waals surface area contributed by atoms with Gasteiger partial charge >= 0.3 is 0 Å². The van der Waals surface area contributed by atoms with E-state index in [1.807, 2.05) is 103 Å². The third kappa shape index (κ3) is 6.41. The van der Waals surface area contributed by atoms with Crippen molar-refractivity contribution in [3.05, 3.63) is 248 Å². The van der Waals surface area contributed by atoms with Crippen molar-refractivity contribution in [2.75, 3.05) is 14.7 Å². The van der Waals surface area contributed by atoms with Gasteiger partial charge in [0.05, 0.1) is 28.3 Å². The van der Waals surface area contributed by atoms with E-state index in [0.717, 1.165) is 66.9 Å². The van der Waals surface area contributed by atoms with Crippen LogP contribution in [0.2, 0.25) is 0 Å². The number of rotatable bonds is 8. The molecule has 9 heteroatoms. The Morgan fingerprint density at radius 2 is 0.822 bits per heavy atom. The van der Waals surface area contributed by atoms with E-state index in [1.54, 1.807) is 72.8 Å². The van der Waals surface area contributed by atoms with Crippen molar-refractivity contribution < 1.29 is 26.4 Å². The monoisotopic (exact) mass is 955 g/mol. The van der Waals surface area contributed by atoms with Gasteiger partial charge in [0.15, 0.2) is 34.4 Å². The van der Waals surface area contributed by atoms with Gasteiger partial charge in [-0.3, -0.25) is 0 Å². The molecule has 13 aromatic rings. The van der Waals surface area contributed by atoms with E-state index >= 15 is 17.6 Å². The van der Waals surface area contributed by atoms with E-state index in [2.05, 4.69) is 58.3 Å². The van der Waals surface area contributed by atoms with Gasteiger partial charge < -0.3 is 23.5 Å². The summed E-state index contributed by atoms with van der Waals surface area (Å²) in [5.74, 6) is -6.19. The summed E-state index contributed by atoms with van der Waals surface area (Å²) in [7, 11) is 0. The molecule has 14 rings (SSSR count). The normalized spacial score (nSPS) is 12.1. The molecule has 0 radical (unpaired) electrons. The van der Waals surface area contributed by atoms with Gasteiger partial charge in [-0.05, 0) is 95.4 Å². The first-order valence-corrected chi connectivity index (χ1v) is 23.9. The molecule has 0 saturated heterocycles. The summed E-state index contributed by atoms with van der Waals surface area (Å²) in [6, 6.07) is 70.1. The second-order valence-corrected chi connectivity index (χ2v) is 18.1. The molecular weight excluding hydrogens is 919 g/mol. The molecule has 73 heavy (non-hydrogen) atoms. The van der Waals surface area contributed by atoms with Crippen molar-refractivity contribution in [3.8, 4) is 22.3 Å². The van der Waals surface area contributed by atoms with Crippen molar-refractivity contribution in [1.82, 2.24) is 0 Å². The second-order valence-electron chi connectivity index (χ2n) is 18.1. The molecule has 348 valence electrons. The Hall–Kier alpha value is -9.60. The molecule has 0 bridgehead atoms. The second kappa shape index (κ2) is 16.5. The summed E-state index contributed by atoms with van der Waals surface area (Å²) in [5.41, 5.74) is 7.71. The highest BCUT2D eigenvalue weighted by molar-refractivity contribution is 6.18. The van der Waals surface area contributed by atoms with Gasteiger partial charge in [0, 0.05) is 55.2 Å². The summed E-state index contributed by atoms with van der Waals surface area (Å²) < 4.78 is 82.3. The average Bonchev–Trinajstić information content (AvgIpc) is 4.02. The van der Waals surface area contributed by atoms with Crippen molar-refractivity contribution in [2.24, 2.45) is 0 Å². The molecule has 11 aromatic carbocycles. The van der Waals surface area contributed by atoms with Crippen LogP contribution in [0.3, 0.4) is 0 Å². The maximum absolute atomic E-state index is 17.4. The van der Waals surface area contributed by atoms with E-state index in [4.69, 9.17) is 8.83 Å². The first-order valence-electron chi connectivity index (χ1n) is 23.9. The van der Waals surface area contributed by atoms with Crippen LogP contribution in [-0.2, 0) is 0 Å². The van der Waals surface area contributed by atoms with Crippen LogP contribution in [-0.4, -0.2) is 0 Å². The summed E-state index contributed by atoms with van der Waals surface area (Å²) in [5, 5.41) is 4.53. The van der Waals surface area contributed by atoms with Crippen molar-refractivity contribution in [2.45, 2.75) is 0 Å². The third-order valence-corrected chi connectivity index (χ3v) is 14.1. The summed E-state index contributed by atoms with van der Waals surface area (Å²) in [6.07, 6.45) is 0. The van der Waals surface area contributed by atoms with E-state index in [-0.39, 0.29) is 16.9 Å². The standard InChI is InChI=1S/C64H37F4N3O2/c65-58-57(59(66)61(68)62(60(58)67)71(40-21-8-3-9-22-40)52-30-16-27-49-44-24-11-13-32-55(44)73-64(49)52)47-36-35-46-42-34-33-41(37-53(42)70(39-19-6-2-7-20-39)50-28-14-25-45(47)56(46)50)69(38-17-4-1-5-18-38)51-29-15-26-48-43-23-10-12-31-54(43)72-63(48)51/h1-37H. The van der Waals surface area contributed by atoms with Crippen molar-refractivity contribution >= 4 is 106 Å². The molecule has 1 aliphatic heterocycles. The van der Waals surface area contributed by atoms with E-state index in [9.17, 15) is 0 Å². The lowest BCUT2D eigenvalue weighted by molar-refractivity contribution is 0.461. The lowest BCUT2D eigenvalue weighted by Gasteiger charge is -2.35. The molecule has 0 spiro atoms. The van der Waals surface area contributed by atoms with Crippen LogP contribution in [0.4, 0.5) is 68.7 Å². The maximum atomic E-state index is 17.4. The lowest BCUT2D eigenvalue weighted by atomic mass is 9.86. The molecule has 0 fully saturated rings. The Balaban J connectivity index is 0.960. The Labute approximate surface area is 415 Å². The molecule has 0 unspecified atom stereocenters. The largest absolute Gasteiger partial charge is 0.454 e. The fourth-order valence-electron chi connectivity index (χ4n) is 10.9. The molecule has 0 N–H and O–H groups in total. The van der Waals surface area contributed by atoms with Gasteiger partial charge in [0.2, 0.25) is 0 Å². The number of halogens is 4. The predicted octanol–water partition coefficient (Wildman–Crippen LogP) is 19.3. The minimum absolute atomic E-state index is 0.00661. The van der Waals surface area contributed by atoms with Gasteiger partial charge in [0.25, 0.3) is 0 Å². The highest BCUT2D eigenvalue weighted by atomic mass is 19.2. The average molecular weight is 956 g/mol. The molecule has 2 aromatic heterocycles. The quantitative estimate of drug-likeness (QED) is 0.112. The number of anilines is 9. The van der Waals surface area contributed by atoms with Crippen LogP contribution in [0.15, 0.2) is 233 Å². The van der Waals surface area contributed by atoms with Gasteiger partial charge in [-0.25, -0.2) is 17.6 Å². The number of para-hydroxylation sites is 7. The van der Waals surface area contributed by atoms with Crippen LogP contribution >= 0.6 is 0 Å². The topological polar surface area (TPSA) is 36.0 Å². The smallest absolute Gasteiger partial charge is 0.186 e. The number of fused-ring (bicyclic) bond motifs is 8. The van der Waals surface area contributed by atoms with Gasteiger partial charge in [0.1, 0.15) is 16.9 Å². The molecule has 1 aliphatic rings. The molecule has 0 aliphatic carbocycles. The minimum Gasteiger partial charge on any atom is -0.454 e. The SMILES string of the molecule is Fc1c(F)c(N(c2ccccc2)c2cccc3c2oc2ccccc23)c(F)c(F)c1-c1ccc2c3c(cccc13)N(c1ccccc1)c1cc(N(c3ccccc3)c3cccc4c3oc3ccccc34)ccc1-2. The molecular formula is C64H37F4N3O2. The summed E-state index contributed by atoms with van der Waals surface area (Å²) in [4.78, 5) is 5.49. The van der Waals surface area contributed by atoms with Crippen LogP contribution in [0.5, 0.6) is 0 Å². The third-order valence-electron chi connectivity index (χ3n) is 14.1. The Kier molecular flexibility index (Phi) is 9.56. The lowest BCUT2D eigenvalue weighted by Crippen LogP contribution is -2.17. The fourth-order valence-corrected chi connectivity index (χ4v) is 10.9. The zero-order valence-electron chi connectivity index (χ0n) is 38.5. The molecule has 0 atom stereocenters. The van der Waals surface area contributed by atoms with Gasteiger partial charge in [-0.15, -0.1) is 0 Å². The zero-order chi connectivity index (χ0) is 48.9. The highest BCUT2D eigenvalue weighted by Gasteiger charge is 2.35. The number of hydrogen-bond donors (Lipinski definition) is 0. The van der Waals surface area contributed by atoms with Crippen molar-refractivity contribution in [1.29, 1.82) is 0 Å². The maximum Gasteiger partial charge on any atom is 0.186 e. The fraction of sp³-hybridized carbons (Fsp3) is 0. The van der Waals surface area contributed by atoms with Crippen LogP contribution < -0.4 is 14.7 Å². The molecule has 5 nitrogen and oxygen atoms in total. The molecule has 3 heterocycles. The number of nitrogens with zero attached hydrogens (tertiary/aromatic N) is 3.